The molecule has 1 fully saturated rings. The molecular weight excluding hydrogens is 240 g/mol. The third kappa shape index (κ3) is 2.68. The van der Waals surface area contributed by atoms with Crippen molar-refractivity contribution in [3.8, 4) is 0 Å². The van der Waals surface area contributed by atoms with E-state index < -0.39 is 0 Å². The Balaban J connectivity index is 1.53. The number of amides is 1. The SMILES string of the molecule is O=C1C2COCCC2=NN1CCCc1ccccc1. The van der Waals surface area contributed by atoms with Gasteiger partial charge in [-0.3, -0.25) is 4.79 Å². The number of benzene rings is 1. The van der Waals surface area contributed by atoms with Gasteiger partial charge in [-0.15, -0.1) is 0 Å². The monoisotopic (exact) mass is 258 g/mol. The minimum Gasteiger partial charge on any atom is -0.380 e. The first-order valence-corrected chi connectivity index (χ1v) is 6.85. The number of rotatable bonds is 4. The first kappa shape index (κ1) is 12.4. The van der Waals surface area contributed by atoms with E-state index in [-0.39, 0.29) is 11.8 Å². The summed E-state index contributed by atoms with van der Waals surface area (Å²) < 4.78 is 5.35. The number of hydrogen-bond donors (Lipinski definition) is 0. The smallest absolute Gasteiger partial charge is 0.253 e. The van der Waals surface area contributed by atoms with Crippen LogP contribution in [0.2, 0.25) is 0 Å². The lowest BCUT2D eigenvalue weighted by molar-refractivity contribution is -0.133. The highest BCUT2D eigenvalue weighted by Crippen LogP contribution is 2.22. The predicted molar refractivity (Wildman–Crippen MR) is 72.8 cm³/mol. The van der Waals surface area contributed by atoms with Gasteiger partial charge in [-0.2, -0.15) is 5.10 Å². The van der Waals surface area contributed by atoms with Crippen LogP contribution in [-0.4, -0.2) is 36.4 Å². The number of carbonyl (C=O) groups excluding carboxylic acids is 1. The van der Waals surface area contributed by atoms with E-state index in [1.54, 1.807) is 5.01 Å². The van der Waals surface area contributed by atoms with Gasteiger partial charge in [0.2, 0.25) is 0 Å². The fraction of sp³-hybridized carbons (Fsp3) is 0.467. The molecule has 2 aliphatic rings. The van der Waals surface area contributed by atoms with Crippen LogP contribution in [0.1, 0.15) is 18.4 Å². The molecule has 1 aromatic rings. The molecular formula is C15H18N2O2. The average Bonchev–Trinajstić information content (AvgIpc) is 2.78. The number of aryl methyl sites for hydroxylation is 1. The Bertz CT molecular complexity index is 484. The molecule has 2 heterocycles. The molecule has 0 aromatic heterocycles. The summed E-state index contributed by atoms with van der Waals surface area (Å²) in [7, 11) is 0. The van der Waals surface area contributed by atoms with Crippen LogP contribution in [0.25, 0.3) is 0 Å². The van der Waals surface area contributed by atoms with E-state index in [4.69, 9.17) is 4.74 Å². The molecule has 0 aliphatic carbocycles. The molecule has 0 radical (unpaired) electrons. The molecule has 0 N–H and O–H groups in total. The molecule has 1 atom stereocenters. The fourth-order valence-corrected chi connectivity index (χ4v) is 2.60. The van der Waals surface area contributed by atoms with E-state index in [1.807, 2.05) is 18.2 Å². The molecule has 0 spiro atoms. The third-order valence-corrected chi connectivity index (χ3v) is 3.67. The van der Waals surface area contributed by atoms with Crippen molar-refractivity contribution in [3.05, 3.63) is 35.9 Å². The van der Waals surface area contributed by atoms with Gasteiger partial charge in [0.1, 0.15) is 5.92 Å². The van der Waals surface area contributed by atoms with Crippen LogP contribution in [0.4, 0.5) is 0 Å². The number of hydrazone groups is 1. The summed E-state index contributed by atoms with van der Waals surface area (Å²) in [6.45, 7) is 1.90. The Labute approximate surface area is 113 Å². The molecule has 1 amide bonds. The zero-order valence-corrected chi connectivity index (χ0v) is 10.9. The van der Waals surface area contributed by atoms with Crippen molar-refractivity contribution in [1.29, 1.82) is 0 Å². The van der Waals surface area contributed by atoms with Crippen molar-refractivity contribution in [1.82, 2.24) is 5.01 Å². The molecule has 1 aromatic carbocycles. The van der Waals surface area contributed by atoms with Crippen molar-refractivity contribution in [3.63, 3.8) is 0 Å². The van der Waals surface area contributed by atoms with Crippen LogP contribution >= 0.6 is 0 Å². The molecule has 1 saturated heterocycles. The van der Waals surface area contributed by atoms with Gasteiger partial charge in [0, 0.05) is 13.0 Å². The number of hydrogen-bond acceptors (Lipinski definition) is 3. The number of carbonyl (C=O) groups is 1. The molecule has 4 nitrogen and oxygen atoms in total. The Kier molecular flexibility index (Phi) is 3.60. The van der Waals surface area contributed by atoms with Gasteiger partial charge < -0.3 is 4.74 Å². The quantitative estimate of drug-likeness (QED) is 0.827. The van der Waals surface area contributed by atoms with E-state index in [1.165, 1.54) is 5.56 Å². The highest BCUT2D eigenvalue weighted by Gasteiger charge is 2.37. The highest BCUT2D eigenvalue weighted by atomic mass is 16.5. The topological polar surface area (TPSA) is 41.9 Å². The van der Waals surface area contributed by atoms with Crippen molar-refractivity contribution in [2.45, 2.75) is 19.3 Å². The maximum atomic E-state index is 12.1. The van der Waals surface area contributed by atoms with E-state index >= 15 is 0 Å². The Morgan fingerprint density at radius 1 is 1.32 bits per heavy atom. The van der Waals surface area contributed by atoms with E-state index in [0.29, 0.717) is 19.8 Å². The number of ether oxygens (including phenoxy) is 1. The molecule has 19 heavy (non-hydrogen) atoms. The number of fused-ring (bicyclic) bond motifs is 1. The number of nitrogens with zero attached hydrogens (tertiary/aromatic N) is 2. The van der Waals surface area contributed by atoms with Crippen LogP contribution in [0.5, 0.6) is 0 Å². The van der Waals surface area contributed by atoms with Crippen molar-refractivity contribution in [2.75, 3.05) is 19.8 Å². The van der Waals surface area contributed by atoms with Crippen LogP contribution < -0.4 is 0 Å². The van der Waals surface area contributed by atoms with Crippen LogP contribution in [0.3, 0.4) is 0 Å². The van der Waals surface area contributed by atoms with E-state index in [2.05, 4.69) is 17.2 Å². The molecule has 0 saturated carbocycles. The molecule has 1 unspecified atom stereocenters. The molecule has 3 rings (SSSR count). The van der Waals surface area contributed by atoms with E-state index in [0.717, 1.165) is 25.0 Å². The van der Waals surface area contributed by atoms with Gasteiger partial charge in [-0.1, -0.05) is 30.3 Å². The second-order valence-electron chi connectivity index (χ2n) is 5.02. The van der Waals surface area contributed by atoms with Gasteiger partial charge in [0.25, 0.3) is 5.91 Å². The second-order valence-corrected chi connectivity index (χ2v) is 5.02. The summed E-state index contributed by atoms with van der Waals surface area (Å²) in [5.74, 6) is 0.00763. The van der Waals surface area contributed by atoms with Crippen LogP contribution in [0.15, 0.2) is 35.4 Å². The predicted octanol–water partition coefficient (Wildman–Crippen LogP) is 1.85. The first-order valence-electron chi connectivity index (χ1n) is 6.85. The summed E-state index contributed by atoms with van der Waals surface area (Å²) in [6, 6.07) is 10.3. The lowest BCUT2D eigenvalue weighted by Crippen LogP contribution is -2.34. The van der Waals surface area contributed by atoms with Crippen molar-refractivity contribution < 1.29 is 9.53 Å². The maximum absolute atomic E-state index is 12.1. The molecule has 4 heteroatoms. The van der Waals surface area contributed by atoms with Gasteiger partial charge >= 0.3 is 0 Å². The normalized spacial score (nSPS) is 22.3. The zero-order chi connectivity index (χ0) is 13.1. The summed E-state index contributed by atoms with van der Waals surface area (Å²) in [5.41, 5.74) is 2.32. The highest BCUT2D eigenvalue weighted by molar-refractivity contribution is 6.08. The summed E-state index contributed by atoms with van der Waals surface area (Å²) in [6.07, 6.45) is 2.72. The lowest BCUT2D eigenvalue weighted by atomic mass is 10.0. The first-order chi connectivity index (χ1) is 9.34. The fourth-order valence-electron chi connectivity index (χ4n) is 2.60. The minimum absolute atomic E-state index is 0.106. The molecule has 2 aliphatic heterocycles. The Morgan fingerprint density at radius 2 is 2.16 bits per heavy atom. The molecule has 100 valence electrons. The standard InChI is InChI=1S/C15H18N2O2/c18-15-13-11-19-10-8-14(13)16-17(15)9-4-7-12-5-2-1-3-6-12/h1-3,5-6,13H,4,7-11H2. The van der Waals surface area contributed by atoms with Crippen LogP contribution in [0, 0.1) is 5.92 Å². The van der Waals surface area contributed by atoms with Gasteiger partial charge in [0.15, 0.2) is 0 Å². The van der Waals surface area contributed by atoms with E-state index in [9.17, 15) is 4.79 Å². The largest absolute Gasteiger partial charge is 0.380 e. The Hall–Kier alpha value is -1.68. The zero-order valence-electron chi connectivity index (χ0n) is 10.9. The van der Waals surface area contributed by atoms with Gasteiger partial charge in [0.05, 0.1) is 18.9 Å². The minimum atomic E-state index is -0.106. The summed E-state index contributed by atoms with van der Waals surface area (Å²) >= 11 is 0. The van der Waals surface area contributed by atoms with Crippen molar-refractivity contribution in [2.24, 2.45) is 11.0 Å². The van der Waals surface area contributed by atoms with Crippen molar-refractivity contribution >= 4 is 11.6 Å². The second kappa shape index (κ2) is 5.53. The average molecular weight is 258 g/mol. The van der Waals surface area contributed by atoms with Gasteiger partial charge in [-0.25, -0.2) is 5.01 Å². The summed E-state index contributed by atoms with van der Waals surface area (Å²) in [4.78, 5) is 12.1. The van der Waals surface area contributed by atoms with Crippen LogP contribution in [-0.2, 0) is 16.0 Å². The third-order valence-electron chi connectivity index (χ3n) is 3.67. The van der Waals surface area contributed by atoms with Gasteiger partial charge in [-0.05, 0) is 18.4 Å². The maximum Gasteiger partial charge on any atom is 0.253 e. The Morgan fingerprint density at radius 3 is 2.95 bits per heavy atom. The molecule has 0 bridgehead atoms. The summed E-state index contributed by atoms with van der Waals surface area (Å²) in [5, 5.41) is 6.08. The lowest BCUT2D eigenvalue weighted by Gasteiger charge is -2.17.